The Balaban J connectivity index is 1.89. The highest BCUT2D eigenvalue weighted by Crippen LogP contribution is 2.23. The summed E-state index contributed by atoms with van der Waals surface area (Å²) in [5, 5.41) is 0. The van der Waals surface area contributed by atoms with Crippen molar-refractivity contribution in [1.82, 2.24) is 9.38 Å². The Morgan fingerprint density at radius 1 is 1.24 bits per heavy atom. The smallest absolute Gasteiger partial charge is 0.135 e. The Bertz CT molecular complexity index is 785. The van der Waals surface area contributed by atoms with E-state index in [2.05, 4.69) is 20.9 Å². The van der Waals surface area contributed by atoms with Crippen molar-refractivity contribution in [1.29, 1.82) is 0 Å². The zero-order valence-electron chi connectivity index (χ0n) is 11.5. The van der Waals surface area contributed by atoms with Gasteiger partial charge in [-0.1, -0.05) is 12.1 Å². The SMILES string of the molecule is COc1ccc2c(Br)nc(CCc3cccc(F)c3)n2c1. The molecule has 0 aliphatic rings. The van der Waals surface area contributed by atoms with Gasteiger partial charge in [-0.25, -0.2) is 9.37 Å². The van der Waals surface area contributed by atoms with Gasteiger partial charge in [-0.2, -0.15) is 0 Å². The van der Waals surface area contributed by atoms with Crippen LogP contribution in [0, 0.1) is 5.82 Å². The molecule has 0 bridgehead atoms. The molecule has 3 rings (SSSR count). The van der Waals surface area contributed by atoms with Gasteiger partial charge in [0.25, 0.3) is 0 Å². The molecule has 0 spiro atoms. The van der Waals surface area contributed by atoms with E-state index >= 15 is 0 Å². The van der Waals surface area contributed by atoms with Crippen LogP contribution < -0.4 is 4.74 Å². The molecule has 21 heavy (non-hydrogen) atoms. The van der Waals surface area contributed by atoms with E-state index in [4.69, 9.17) is 4.74 Å². The summed E-state index contributed by atoms with van der Waals surface area (Å²) in [7, 11) is 1.64. The number of aryl methyl sites for hydroxylation is 2. The van der Waals surface area contributed by atoms with Gasteiger partial charge in [0.15, 0.2) is 0 Å². The van der Waals surface area contributed by atoms with Crippen molar-refractivity contribution in [3.05, 3.63) is 64.4 Å². The maximum atomic E-state index is 13.2. The fraction of sp³-hybridized carbons (Fsp3) is 0.188. The van der Waals surface area contributed by atoms with Crippen molar-refractivity contribution in [2.75, 3.05) is 7.11 Å². The average molecular weight is 349 g/mol. The van der Waals surface area contributed by atoms with E-state index in [1.165, 1.54) is 6.07 Å². The molecule has 108 valence electrons. The Labute approximate surface area is 130 Å². The number of aromatic nitrogens is 2. The highest BCUT2D eigenvalue weighted by molar-refractivity contribution is 9.10. The number of imidazole rings is 1. The van der Waals surface area contributed by atoms with Crippen molar-refractivity contribution in [2.24, 2.45) is 0 Å². The lowest BCUT2D eigenvalue weighted by molar-refractivity contribution is 0.412. The van der Waals surface area contributed by atoms with E-state index in [0.717, 1.165) is 40.1 Å². The van der Waals surface area contributed by atoms with Gasteiger partial charge in [-0.15, -0.1) is 0 Å². The van der Waals surface area contributed by atoms with Crippen LogP contribution in [0.1, 0.15) is 11.4 Å². The minimum Gasteiger partial charge on any atom is -0.495 e. The summed E-state index contributed by atoms with van der Waals surface area (Å²) < 4.78 is 21.3. The number of halogens is 2. The van der Waals surface area contributed by atoms with E-state index in [9.17, 15) is 4.39 Å². The molecule has 0 radical (unpaired) electrons. The topological polar surface area (TPSA) is 26.5 Å². The second kappa shape index (κ2) is 5.85. The molecule has 3 aromatic rings. The van der Waals surface area contributed by atoms with E-state index in [-0.39, 0.29) is 5.82 Å². The van der Waals surface area contributed by atoms with Crippen LogP contribution in [0.25, 0.3) is 5.52 Å². The zero-order chi connectivity index (χ0) is 14.8. The van der Waals surface area contributed by atoms with Crippen molar-refractivity contribution >= 4 is 21.4 Å². The predicted molar refractivity (Wildman–Crippen MR) is 83.3 cm³/mol. The van der Waals surface area contributed by atoms with E-state index in [1.807, 2.05) is 28.8 Å². The monoisotopic (exact) mass is 348 g/mol. The summed E-state index contributed by atoms with van der Waals surface area (Å²) in [6, 6.07) is 10.5. The highest BCUT2D eigenvalue weighted by Gasteiger charge is 2.10. The van der Waals surface area contributed by atoms with Crippen molar-refractivity contribution in [2.45, 2.75) is 12.8 Å². The summed E-state index contributed by atoms with van der Waals surface area (Å²) in [6.07, 6.45) is 3.37. The number of benzene rings is 1. The van der Waals surface area contributed by atoms with Crippen LogP contribution >= 0.6 is 15.9 Å². The first-order valence-corrected chi connectivity index (χ1v) is 7.41. The van der Waals surface area contributed by atoms with E-state index < -0.39 is 0 Å². The number of methoxy groups -OCH3 is 1. The normalized spacial score (nSPS) is 11.0. The molecular formula is C16H14BrFN2O. The molecule has 5 heteroatoms. The van der Waals surface area contributed by atoms with Gasteiger partial charge < -0.3 is 4.74 Å². The number of ether oxygens (including phenoxy) is 1. The molecule has 1 aromatic carbocycles. The Morgan fingerprint density at radius 2 is 2.10 bits per heavy atom. The molecule has 0 amide bonds. The number of fused-ring (bicyclic) bond motifs is 1. The van der Waals surface area contributed by atoms with Crippen LogP contribution in [-0.2, 0) is 12.8 Å². The molecule has 0 saturated carbocycles. The minimum atomic E-state index is -0.205. The summed E-state index contributed by atoms with van der Waals surface area (Å²) >= 11 is 3.47. The van der Waals surface area contributed by atoms with Crippen molar-refractivity contribution in [3.8, 4) is 5.75 Å². The number of pyridine rings is 1. The van der Waals surface area contributed by atoms with Crippen molar-refractivity contribution < 1.29 is 9.13 Å². The summed E-state index contributed by atoms with van der Waals surface area (Å²) in [5.74, 6) is 1.49. The van der Waals surface area contributed by atoms with Gasteiger partial charge in [0.05, 0.1) is 18.8 Å². The van der Waals surface area contributed by atoms with Gasteiger partial charge in [0.1, 0.15) is 22.0 Å². The standard InChI is InChI=1S/C16H14BrFN2O/c1-21-13-6-7-14-16(17)19-15(20(14)10-13)8-5-11-3-2-4-12(18)9-11/h2-4,6-7,9-10H,5,8H2,1H3. The number of rotatable bonds is 4. The highest BCUT2D eigenvalue weighted by atomic mass is 79.9. The Hall–Kier alpha value is -1.88. The van der Waals surface area contributed by atoms with Crippen LogP contribution in [0.15, 0.2) is 47.2 Å². The minimum absolute atomic E-state index is 0.205. The van der Waals surface area contributed by atoms with Gasteiger partial charge in [0, 0.05) is 6.42 Å². The number of hydrogen-bond acceptors (Lipinski definition) is 2. The van der Waals surface area contributed by atoms with Gasteiger partial charge >= 0.3 is 0 Å². The third kappa shape index (κ3) is 2.93. The van der Waals surface area contributed by atoms with E-state index in [1.54, 1.807) is 19.2 Å². The maximum Gasteiger partial charge on any atom is 0.135 e. The first-order valence-electron chi connectivity index (χ1n) is 6.62. The summed E-state index contributed by atoms with van der Waals surface area (Å²) in [4.78, 5) is 4.53. The van der Waals surface area contributed by atoms with Crippen LogP contribution in [0.5, 0.6) is 5.75 Å². The van der Waals surface area contributed by atoms with Crippen LogP contribution in [0.2, 0.25) is 0 Å². The molecule has 0 N–H and O–H groups in total. The molecular weight excluding hydrogens is 335 g/mol. The third-order valence-corrected chi connectivity index (χ3v) is 3.98. The van der Waals surface area contributed by atoms with Gasteiger partial charge in [-0.3, -0.25) is 4.40 Å². The lowest BCUT2D eigenvalue weighted by Crippen LogP contribution is -1.99. The molecule has 2 heterocycles. The zero-order valence-corrected chi connectivity index (χ0v) is 13.1. The quantitative estimate of drug-likeness (QED) is 0.711. The molecule has 0 atom stereocenters. The fourth-order valence-corrected chi connectivity index (χ4v) is 2.86. The first-order chi connectivity index (χ1) is 10.2. The maximum absolute atomic E-state index is 13.2. The molecule has 0 unspecified atom stereocenters. The van der Waals surface area contributed by atoms with Crippen LogP contribution in [-0.4, -0.2) is 16.5 Å². The van der Waals surface area contributed by atoms with Crippen LogP contribution in [0.3, 0.4) is 0 Å². The molecule has 2 aromatic heterocycles. The lowest BCUT2D eigenvalue weighted by Gasteiger charge is -2.04. The molecule has 0 fully saturated rings. The average Bonchev–Trinajstić information content (AvgIpc) is 2.81. The first kappa shape index (κ1) is 14.1. The molecule has 0 saturated heterocycles. The lowest BCUT2D eigenvalue weighted by atomic mass is 10.1. The molecule has 0 aliphatic heterocycles. The second-order valence-corrected chi connectivity index (χ2v) is 5.52. The largest absolute Gasteiger partial charge is 0.495 e. The van der Waals surface area contributed by atoms with E-state index in [0.29, 0.717) is 0 Å². The summed E-state index contributed by atoms with van der Waals surface area (Å²) in [5.41, 5.74) is 1.95. The predicted octanol–water partition coefficient (Wildman–Crippen LogP) is 4.03. The Morgan fingerprint density at radius 3 is 2.86 bits per heavy atom. The van der Waals surface area contributed by atoms with Gasteiger partial charge in [-0.05, 0) is 52.2 Å². The summed E-state index contributed by atoms with van der Waals surface area (Å²) in [6.45, 7) is 0. The third-order valence-electron chi connectivity index (χ3n) is 3.40. The molecule has 0 aliphatic carbocycles. The number of hydrogen-bond donors (Lipinski definition) is 0. The van der Waals surface area contributed by atoms with Crippen molar-refractivity contribution in [3.63, 3.8) is 0 Å². The fourth-order valence-electron chi connectivity index (χ4n) is 2.33. The number of nitrogens with zero attached hydrogens (tertiary/aromatic N) is 2. The molecule has 3 nitrogen and oxygen atoms in total. The van der Waals surface area contributed by atoms with Crippen LogP contribution in [0.4, 0.5) is 4.39 Å². The second-order valence-electron chi connectivity index (χ2n) is 4.77. The Kier molecular flexibility index (Phi) is 3.92. The van der Waals surface area contributed by atoms with Gasteiger partial charge in [0.2, 0.25) is 0 Å².